The van der Waals surface area contributed by atoms with Gasteiger partial charge in [0.25, 0.3) is 0 Å². The van der Waals surface area contributed by atoms with Gasteiger partial charge < -0.3 is 15.7 Å². The van der Waals surface area contributed by atoms with Crippen molar-refractivity contribution in [3.63, 3.8) is 0 Å². The van der Waals surface area contributed by atoms with Crippen molar-refractivity contribution in [2.24, 2.45) is 5.92 Å². The van der Waals surface area contributed by atoms with Crippen LogP contribution in [0.4, 0.5) is 5.69 Å². The zero-order valence-electron chi connectivity index (χ0n) is 12.0. The highest BCUT2D eigenvalue weighted by atomic mass is 16.3. The molecule has 0 spiro atoms. The van der Waals surface area contributed by atoms with Crippen LogP contribution in [0, 0.1) is 5.92 Å². The number of anilines is 1. The molecule has 1 heterocycles. The molecule has 0 atom stereocenters. The molecule has 2 rings (SSSR count). The van der Waals surface area contributed by atoms with E-state index in [2.05, 4.69) is 22.7 Å². The summed E-state index contributed by atoms with van der Waals surface area (Å²) in [7, 11) is 0. The van der Waals surface area contributed by atoms with Crippen molar-refractivity contribution >= 4 is 11.6 Å². The molecule has 0 radical (unpaired) electrons. The SMILES string of the molecule is CC1CCC(Nc2cnn(CC(=O)NCCO)c2)CC1. The molecule has 1 aromatic heterocycles. The molecule has 1 aromatic rings. The number of hydrogen-bond donors (Lipinski definition) is 3. The van der Waals surface area contributed by atoms with Crippen LogP contribution in [0.2, 0.25) is 0 Å². The lowest BCUT2D eigenvalue weighted by atomic mass is 9.87. The lowest BCUT2D eigenvalue weighted by Crippen LogP contribution is -2.30. The Morgan fingerprint density at radius 1 is 1.45 bits per heavy atom. The summed E-state index contributed by atoms with van der Waals surface area (Å²) in [5.74, 6) is 0.700. The van der Waals surface area contributed by atoms with Gasteiger partial charge in [-0.15, -0.1) is 0 Å². The van der Waals surface area contributed by atoms with E-state index in [0.717, 1.165) is 11.6 Å². The number of carbonyl (C=O) groups excluding carboxylic acids is 1. The van der Waals surface area contributed by atoms with Crippen molar-refractivity contribution in [3.8, 4) is 0 Å². The van der Waals surface area contributed by atoms with E-state index in [1.54, 1.807) is 10.9 Å². The fourth-order valence-electron chi connectivity index (χ4n) is 2.56. The number of aromatic nitrogens is 2. The van der Waals surface area contributed by atoms with Gasteiger partial charge in [0.2, 0.25) is 5.91 Å². The summed E-state index contributed by atoms with van der Waals surface area (Å²) in [5.41, 5.74) is 0.972. The van der Waals surface area contributed by atoms with E-state index in [1.165, 1.54) is 25.7 Å². The lowest BCUT2D eigenvalue weighted by molar-refractivity contribution is -0.122. The van der Waals surface area contributed by atoms with Crippen LogP contribution in [0.25, 0.3) is 0 Å². The minimum atomic E-state index is -0.139. The summed E-state index contributed by atoms with van der Waals surface area (Å²) in [4.78, 5) is 11.5. The summed E-state index contributed by atoms with van der Waals surface area (Å²) in [5, 5.41) is 18.9. The zero-order valence-corrected chi connectivity index (χ0v) is 12.0. The summed E-state index contributed by atoms with van der Waals surface area (Å²) in [6.45, 7) is 2.73. The Kier molecular flexibility index (Phi) is 5.40. The van der Waals surface area contributed by atoms with E-state index in [-0.39, 0.29) is 25.6 Å². The number of aliphatic hydroxyl groups is 1. The molecule has 1 fully saturated rings. The van der Waals surface area contributed by atoms with Crippen LogP contribution in [0.1, 0.15) is 32.6 Å². The molecule has 112 valence electrons. The van der Waals surface area contributed by atoms with Gasteiger partial charge in [0.05, 0.1) is 18.5 Å². The quantitative estimate of drug-likeness (QED) is 0.726. The van der Waals surface area contributed by atoms with Gasteiger partial charge in [0.15, 0.2) is 0 Å². The van der Waals surface area contributed by atoms with E-state index < -0.39 is 0 Å². The van der Waals surface area contributed by atoms with Gasteiger partial charge in [-0.1, -0.05) is 6.92 Å². The number of amides is 1. The smallest absolute Gasteiger partial charge is 0.241 e. The van der Waals surface area contributed by atoms with Crippen molar-refractivity contribution in [1.29, 1.82) is 0 Å². The third-order valence-electron chi connectivity index (χ3n) is 3.76. The average Bonchev–Trinajstić information content (AvgIpc) is 2.86. The molecule has 0 bridgehead atoms. The number of hydrogen-bond acceptors (Lipinski definition) is 4. The standard InChI is InChI=1S/C14H24N4O2/c1-11-2-4-12(5-3-11)17-13-8-16-18(9-13)10-14(20)15-6-7-19/h8-9,11-12,17,19H,2-7,10H2,1H3,(H,15,20). The van der Waals surface area contributed by atoms with Crippen LogP contribution >= 0.6 is 0 Å². The van der Waals surface area contributed by atoms with E-state index in [0.29, 0.717) is 6.04 Å². The second-order valence-electron chi connectivity index (χ2n) is 5.60. The molecule has 6 heteroatoms. The van der Waals surface area contributed by atoms with Gasteiger partial charge in [-0.05, 0) is 31.6 Å². The Balaban J connectivity index is 1.78. The number of aliphatic hydroxyl groups excluding tert-OH is 1. The lowest BCUT2D eigenvalue weighted by Gasteiger charge is -2.27. The van der Waals surface area contributed by atoms with Gasteiger partial charge in [0.1, 0.15) is 6.54 Å². The fourth-order valence-corrected chi connectivity index (χ4v) is 2.56. The molecular formula is C14H24N4O2. The van der Waals surface area contributed by atoms with Crippen molar-refractivity contribution in [3.05, 3.63) is 12.4 Å². The molecule has 20 heavy (non-hydrogen) atoms. The maximum atomic E-state index is 11.5. The molecule has 3 N–H and O–H groups in total. The second kappa shape index (κ2) is 7.28. The summed E-state index contributed by atoms with van der Waals surface area (Å²) >= 11 is 0. The van der Waals surface area contributed by atoms with Crippen molar-refractivity contribution in [2.45, 2.75) is 45.2 Å². The van der Waals surface area contributed by atoms with Crippen LogP contribution in [0.3, 0.4) is 0 Å². The van der Waals surface area contributed by atoms with Gasteiger partial charge in [-0.3, -0.25) is 9.48 Å². The predicted octanol–water partition coefficient (Wildman–Crippen LogP) is 0.982. The highest BCUT2D eigenvalue weighted by molar-refractivity contribution is 5.75. The maximum absolute atomic E-state index is 11.5. The molecule has 0 aromatic carbocycles. The van der Waals surface area contributed by atoms with E-state index >= 15 is 0 Å². The van der Waals surface area contributed by atoms with Crippen LogP contribution in [0.15, 0.2) is 12.4 Å². The minimum Gasteiger partial charge on any atom is -0.395 e. The first-order chi connectivity index (χ1) is 9.67. The Labute approximate surface area is 119 Å². The summed E-state index contributed by atoms with van der Waals surface area (Å²) in [6.07, 6.45) is 8.56. The molecule has 1 aliphatic carbocycles. The molecule has 1 amide bonds. The van der Waals surface area contributed by atoms with Crippen molar-refractivity contribution in [1.82, 2.24) is 15.1 Å². The number of carbonyl (C=O) groups is 1. The summed E-state index contributed by atoms with van der Waals surface area (Å²) < 4.78 is 1.61. The highest BCUT2D eigenvalue weighted by Gasteiger charge is 2.18. The maximum Gasteiger partial charge on any atom is 0.241 e. The monoisotopic (exact) mass is 280 g/mol. The topological polar surface area (TPSA) is 79.2 Å². The first kappa shape index (κ1) is 14.8. The Hall–Kier alpha value is -1.56. The highest BCUT2D eigenvalue weighted by Crippen LogP contribution is 2.25. The first-order valence-corrected chi connectivity index (χ1v) is 7.34. The normalized spacial score (nSPS) is 22.5. The molecule has 0 unspecified atom stereocenters. The van der Waals surface area contributed by atoms with Gasteiger partial charge in [-0.25, -0.2) is 0 Å². The third-order valence-corrected chi connectivity index (χ3v) is 3.76. The van der Waals surface area contributed by atoms with E-state index in [1.807, 2.05) is 6.20 Å². The summed E-state index contributed by atoms with van der Waals surface area (Å²) in [6, 6.07) is 0.520. The largest absolute Gasteiger partial charge is 0.395 e. The molecule has 1 aliphatic rings. The number of nitrogens with zero attached hydrogens (tertiary/aromatic N) is 2. The zero-order chi connectivity index (χ0) is 14.4. The van der Waals surface area contributed by atoms with E-state index in [9.17, 15) is 4.79 Å². The molecule has 0 saturated heterocycles. The van der Waals surface area contributed by atoms with Crippen LogP contribution in [-0.4, -0.2) is 40.0 Å². The minimum absolute atomic E-state index is 0.0439. The first-order valence-electron chi connectivity index (χ1n) is 7.34. The van der Waals surface area contributed by atoms with Gasteiger partial charge in [0, 0.05) is 18.8 Å². The molecule has 6 nitrogen and oxygen atoms in total. The molecular weight excluding hydrogens is 256 g/mol. The van der Waals surface area contributed by atoms with E-state index in [4.69, 9.17) is 5.11 Å². The Bertz CT molecular complexity index is 425. The second-order valence-corrected chi connectivity index (χ2v) is 5.60. The fraction of sp³-hybridized carbons (Fsp3) is 0.714. The van der Waals surface area contributed by atoms with Gasteiger partial charge in [-0.2, -0.15) is 5.10 Å². The van der Waals surface area contributed by atoms with Crippen molar-refractivity contribution < 1.29 is 9.90 Å². The Morgan fingerprint density at radius 3 is 2.90 bits per heavy atom. The third kappa shape index (κ3) is 4.52. The number of nitrogens with one attached hydrogen (secondary N) is 2. The van der Waals surface area contributed by atoms with Crippen LogP contribution in [-0.2, 0) is 11.3 Å². The average molecular weight is 280 g/mol. The number of rotatable bonds is 6. The van der Waals surface area contributed by atoms with Crippen LogP contribution < -0.4 is 10.6 Å². The van der Waals surface area contributed by atoms with Crippen LogP contribution in [0.5, 0.6) is 0 Å². The molecule has 1 saturated carbocycles. The Morgan fingerprint density at radius 2 is 2.20 bits per heavy atom. The van der Waals surface area contributed by atoms with Gasteiger partial charge >= 0.3 is 0 Å². The predicted molar refractivity (Wildman–Crippen MR) is 77.4 cm³/mol. The molecule has 0 aliphatic heterocycles. The van der Waals surface area contributed by atoms with Crippen molar-refractivity contribution in [2.75, 3.05) is 18.5 Å².